The second kappa shape index (κ2) is 6.45. The lowest BCUT2D eigenvalue weighted by atomic mass is 10.1. The molecule has 94 valence electrons. The predicted molar refractivity (Wildman–Crippen MR) is 67.9 cm³/mol. The lowest BCUT2D eigenvalue weighted by molar-refractivity contribution is -0.133. The van der Waals surface area contributed by atoms with Crippen LogP contribution in [0.4, 0.5) is 0 Å². The maximum atomic E-state index is 12.1. The van der Waals surface area contributed by atoms with Crippen molar-refractivity contribution in [2.45, 2.75) is 57.5 Å². The van der Waals surface area contributed by atoms with Crippen molar-refractivity contribution in [1.29, 1.82) is 0 Å². The normalized spacial score (nSPS) is 28.4. The van der Waals surface area contributed by atoms with Gasteiger partial charge >= 0.3 is 0 Å². The lowest BCUT2D eigenvalue weighted by Gasteiger charge is -2.27. The van der Waals surface area contributed by atoms with Gasteiger partial charge in [0.25, 0.3) is 0 Å². The predicted octanol–water partition coefficient (Wildman–Crippen LogP) is 1.95. The third kappa shape index (κ3) is 2.89. The first-order chi connectivity index (χ1) is 7.33. The fourth-order valence-electron chi connectivity index (χ4n) is 2.85. The van der Waals surface area contributed by atoms with Crippen molar-refractivity contribution in [2.75, 3.05) is 13.1 Å². The molecule has 16 heavy (non-hydrogen) atoms. The first kappa shape index (κ1) is 13.8. The molecule has 1 amide bonds. The van der Waals surface area contributed by atoms with Gasteiger partial charge in [0.1, 0.15) is 0 Å². The Balaban J connectivity index is 0.00000128. The van der Waals surface area contributed by atoms with Crippen LogP contribution in [0, 0.1) is 0 Å². The minimum atomic E-state index is 0. The fraction of sp³-hybridized carbons (Fsp3) is 0.917. The first-order valence-electron chi connectivity index (χ1n) is 6.34. The van der Waals surface area contributed by atoms with Crippen molar-refractivity contribution in [3.8, 4) is 0 Å². The lowest BCUT2D eigenvalue weighted by Crippen LogP contribution is -2.42. The molecule has 0 radical (unpaired) electrons. The van der Waals surface area contributed by atoms with Gasteiger partial charge in [-0.2, -0.15) is 0 Å². The fourth-order valence-corrected chi connectivity index (χ4v) is 2.85. The standard InChI is InChI=1S/C12H22N2O.ClH/c1-2-3-4-12(15)14-10-5-6-11(14)9-13-8-7-10;/h10-11,13H,2-9H2,1H3;1H. The van der Waals surface area contributed by atoms with Gasteiger partial charge in [0.2, 0.25) is 5.91 Å². The van der Waals surface area contributed by atoms with Crippen LogP contribution >= 0.6 is 12.4 Å². The highest BCUT2D eigenvalue weighted by Gasteiger charge is 2.37. The number of carbonyl (C=O) groups is 1. The van der Waals surface area contributed by atoms with Gasteiger partial charge in [0.05, 0.1) is 0 Å². The van der Waals surface area contributed by atoms with E-state index in [0.717, 1.165) is 38.8 Å². The van der Waals surface area contributed by atoms with Crippen LogP contribution in [0.25, 0.3) is 0 Å². The summed E-state index contributed by atoms with van der Waals surface area (Å²) in [7, 11) is 0. The highest BCUT2D eigenvalue weighted by molar-refractivity contribution is 5.85. The molecule has 2 heterocycles. The highest BCUT2D eigenvalue weighted by atomic mass is 35.5. The maximum absolute atomic E-state index is 12.1. The van der Waals surface area contributed by atoms with Crippen LogP contribution in [0.2, 0.25) is 0 Å². The molecule has 2 rings (SSSR count). The molecule has 0 aromatic carbocycles. The van der Waals surface area contributed by atoms with Gasteiger partial charge in [-0.3, -0.25) is 4.79 Å². The Hall–Kier alpha value is -0.280. The Morgan fingerprint density at radius 2 is 2.06 bits per heavy atom. The SMILES string of the molecule is CCCCC(=O)N1C2CCNCC1CC2.Cl. The number of amides is 1. The van der Waals surface area contributed by atoms with E-state index in [1.54, 1.807) is 0 Å². The molecule has 3 nitrogen and oxygen atoms in total. The average molecular weight is 247 g/mol. The third-order valence-electron chi connectivity index (χ3n) is 3.69. The van der Waals surface area contributed by atoms with E-state index in [4.69, 9.17) is 0 Å². The molecule has 1 N–H and O–H groups in total. The van der Waals surface area contributed by atoms with Crippen LogP contribution in [-0.4, -0.2) is 36.0 Å². The molecule has 0 aromatic heterocycles. The smallest absolute Gasteiger partial charge is 0.223 e. The number of nitrogens with zero attached hydrogens (tertiary/aromatic N) is 1. The molecule has 2 aliphatic rings. The highest BCUT2D eigenvalue weighted by Crippen LogP contribution is 2.28. The van der Waals surface area contributed by atoms with E-state index in [2.05, 4.69) is 17.1 Å². The Kier molecular flexibility index (Phi) is 5.56. The van der Waals surface area contributed by atoms with Crippen LogP contribution in [-0.2, 0) is 4.79 Å². The van der Waals surface area contributed by atoms with Crippen LogP contribution in [0.15, 0.2) is 0 Å². The van der Waals surface area contributed by atoms with E-state index in [0.29, 0.717) is 18.0 Å². The van der Waals surface area contributed by atoms with Crippen molar-refractivity contribution in [3.63, 3.8) is 0 Å². The molecular formula is C12H23ClN2O. The molecule has 2 unspecified atom stereocenters. The van der Waals surface area contributed by atoms with Gasteiger partial charge in [0.15, 0.2) is 0 Å². The van der Waals surface area contributed by atoms with Gasteiger partial charge < -0.3 is 10.2 Å². The molecule has 2 bridgehead atoms. The largest absolute Gasteiger partial charge is 0.335 e. The van der Waals surface area contributed by atoms with Crippen molar-refractivity contribution in [1.82, 2.24) is 10.2 Å². The second-order valence-corrected chi connectivity index (χ2v) is 4.78. The summed E-state index contributed by atoms with van der Waals surface area (Å²) in [4.78, 5) is 14.3. The number of hydrogen-bond acceptors (Lipinski definition) is 2. The molecule has 0 aliphatic carbocycles. The molecule has 2 saturated heterocycles. The van der Waals surface area contributed by atoms with E-state index in [1.807, 2.05) is 0 Å². The Labute approximate surface area is 104 Å². The number of halogens is 1. The van der Waals surface area contributed by atoms with Gasteiger partial charge in [-0.1, -0.05) is 13.3 Å². The van der Waals surface area contributed by atoms with Crippen molar-refractivity contribution >= 4 is 18.3 Å². The number of fused-ring (bicyclic) bond motifs is 2. The Morgan fingerprint density at radius 1 is 1.31 bits per heavy atom. The number of hydrogen-bond donors (Lipinski definition) is 1. The molecule has 4 heteroatoms. The summed E-state index contributed by atoms with van der Waals surface area (Å²) in [6, 6.07) is 1.02. The van der Waals surface area contributed by atoms with E-state index in [1.165, 1.54) is 12.8 Å². The molecule has 0 spiro atoms. The number of unbranched alkanes of at least 4 members (excludes halogenated alkanes) is 1. The quantitative estimate of drug-likeness (QED) is 0.826. The molecule has 0 aromatic rings. The first-order valence-corrected chi connectivity index (χ1v) is 6.34. The zero-order chi connectivity index (χ0) is 10.7. The summed E-state index contributed by atoms with van der Waals surface area (Å²) in [6.45, 7) is 4.24. The Bertz CT molecular complexity index is 221. The van der Waals surface area contributed by atoms with E-state index in [9.17, 15) is 4.79 Å². The van der Waals surface area contributed by atoms with Gasteiger partial charge in [-0.25, -0.2) is 0 Å². The van der Waals surface area contributed by atoms with Crippen LogP contribution in [0.5, 0.6) is 0 Å². The van der Waals surface area contributed by atoms with Crippen molar-refractivity contribution in [2.24, 2.45) is 0 Å². The molecular weight excluding hydrogens is 224 g/mol. The average Bonchev–Trinajstić information content (AvgIpc) is 2.49. The second-order valence-electron chi connectivity index (χ2n) is 4.78. The zero-order valence-corrected chi connectivity index (χ0v) is 10.9. The minimum absolute atomic E-state index is 0. The minimum Gasteiger partial charge on any atom is -0.335 e. The number of nitrogens with one attached hydrogen (secondary N) is 1. The summed E-state index contributed by atoms with van der Waals surface area (Å²) in [6.07, 6.45) is 6.49. The molecule has 2 aliphatic heterocycles. The van der Waals surface area contributed by atoms with Gasteiger partial charge in [-0.15, -0.1) is 12.4 Å². The maximum Gasteiger partial charge on any atom is 0.223 e. The van der Waals surface area contributed by atoms with Gasteiger partial charge in [0, 0.05) is 25.0 Å². The number of carbonyl (C=O) groups excluding carboxylic acids is 1. The van der Waals surface area contributed by atoms with E-state index >= 15 is 0 Å². The van der Waals surface area contributed by atoms with Gasteiger partial charge in [-0.05, 0) is 32.2 Å². The topological polar surface area (TPSA) is 32.3 Å². The third-order valence-corrected chi connectivity index (χ3v) is 3.69. The summed E-state index contributed by atoms with van der Waals surface area (Å²) in [5.74, 6) is 0.396. The summed E-state index contributed by atoms with van der Waals surface area (Å²) >= 11 is 0. The number of rotatable bonds is 3. The Morgan fingerprint density at radius 3 is 2.81 bits per heavy atom. The summed E-state index contributed by atoms with van der Waals surface area (Å²) in [5.41, 5.74) is 0. The molecule has 2 fully saturated rings. The van der Waals surface area contributed by atoms with E-state index in [-0.39, 0.29) is 12.4 Å². The summed E-state index contributed by atoms with van der Waals surface area (Å²) < 4.78 is 0. The molecule has 2 atom stereocenters. The monoisotopic (exact) mass is 246 g/mol. The van der Waals surface area contributed by atoms with Crippen LogP contribution in [0.1, 0.15) is 45.4 Å². The van der Waals surface area contributed by atoms with Crippen molar-refractivity contribution in [3.05, 3.63) is 0 Å². The molecule has 0 saturated carbocycles. The van der Waals surface area contributed by atoms with E-state index < -0.39 is 0 Å². The van der Waals surface area contributed by atoms with Crippen molar-refractivity contribution < 1.29 is 4.79 Å². The summed E-state index contributed by atoms with van der Waals surface area (Å²) in [5, 5.41) is 3.43. The zero-order valence-electron chi connectivity index (χ0n) is 10.1. The van der Waals surface area contributed by atoms with Crippen LogP contribution in [0.3, 0.4) is 0 Å². The van der Waals surface area contributed by atoms with Crippen LogP contribution < -0.4 is 5.32 Å².